The molecule has 0 radical (unpaired) electrons. The van der Waals surface area contributed by atoms with E-state index in [1.807, 2.05) is 19.1 Å². The molecule has 0 heterocycles. The van der Waals surface area contributed by atoms with Crippen LogP contribution in [0.5, 0.6) is 0 Å². The fraction of sp³-hybridized carbons (Fsp3) is 0.286. The second-order valence-corrected chi connectivity index (χ2v) is 7.15. The highest BCUT2D eigenvalue weighted by Gasteiger charge is 2.16. The molecule has 0 aromatic heterocycles. The van der Waals surface area contributed by atoms with Crippen LogP contribution in [-0.4, -0.2) is 24.4 Å². The van der Waals surface area contributed by atoms with Crippen molar-refractivity contribution in [2.75, 3.05) is 6.61 Å². The fourth-order valence-corrected chi connectivity index (χ4v) is 2.26. The lowest BCUT2D eigenvalue weighted by molar-refractivity contribution is -0.123. The number of esters is 1. The Labute approximate surface area is 153 Å². The van der Waals surface area contributed by atoms with Crippen molar-refractivity contribution in [3.05, 3.63) is 70.8 Å². The summed E-state index contributed by atoms with van der Waals surface area (Å²) in [5.74, 6) is -1.81. The Morgan fingerprint density at radius 3 is 1.96 bits per heavy atom. The number of aryl methyl sites for hydroxylation is 1. The van der Waals surface area contributed by atoms with Gasteiger partial charge in [-0.1, -0.05) is 50.6 Å². The summed E-state index contributed by atoms with van der Waals surface area (Å²) in [6, 6.07) is 13.9. The molecule has 0 aliphatic rings. The van der Waals surface area contributed by atoms with E-state index in [1.165, 1.54) is 0 Å². The number of carbonyl (C=O) groups excluding carboxylic acids is 3. The maximum atomic E-state index is 12.1. The van der Waals surface area contributed by atoms with Crippen LogP contribution in [0.4, 0.5) is 0 Å². The summed E-state index contributed by atoms with van der Waals surface area (Å²) < 4.78 is 4.93. The molecule has 26 heavy (non-hydrogen) atoms. The minimum absolute atomic E-state index is 0.0188. The minimum atomic E-state index is -0.671. The summed E-state index contributed by atoms with van der Waals surface area (Å²) in [7, 11) is 0. The Balaban J connectivity index is 1.88. The van der Waals surface area contributed by atoms with Crippen LogP contribution < -0.4 is 5.32 Å². The number of amides is 2. The van der Waals surface area contributed by atoms with Crippen LogP contribution >= 0.6 is 0 Å². The van der Waals surface area contributed by atoms with Gasteiger partial charge in [-0.3, -0.25) is 14.9 Å². The van der Waals surface area contributed by atoms with Crippen LogP contribution in [0.1, 0.15) is 52.6 Å². The summed E-state index contributed by atoms with van der Waals surface area (Å²) in [6.07, 6.45) is 0. The third kappa shape index (κ3) is 5.28. The molecule has 2 amide bonds. The number of rotatable bonds is 4. The lowest BCUT2D eigenvalue weighted by atomic mass is 9.87. The SMILES string of the molecule is Cc1ccc(C(=O)OCC(=O)NC(=O)c2ccc(C(C)(C)C)cc2)cc1. The van der Waals surface area contributed by atoms with E-state index in [2.05, 4.69) is 26.1 Å². The molecule has 0 aliphatic carbocycles. The van der Waals surface area contributed by atoms with Gasteiger partial charge in [0, 0.05) is 5.56 Å². The first-order chi connectivity index (χ1) is 12.2. The molecule has 0 fully saturated rings. The number of benzene rings is 2. The molecular weight excluding hydrogens is 330 g/mol. The van der Waals surface area contributed by atoms with E-state index < -0.39 is 24.4 Å². The molecule has 5 nitrogen and oxygen atoms in total. The lowest BCUT2D eigenvalue weighted by Crippen LogP contribution is -2.34. The third-order valence-corrected chi connectivity index (χ3v) is 3.89. The minimum Gasteiger partial charge on any atom is -0.452 e. The Morgan fingerprint density at radius 1 is 0.885 bits per heavy atom. The Morgan fingerprint density at radius 2 is 1.42 bits per heavy atom. The molecule has 0 bridgehead atoms. The zero-order valence-electron chi connectivity index (χ0n) is 15.5. The molecule has 2 rings (SSSR count). The molecular formula is C21H23NO4. The van der Waals surface area contributed by atoms with Gasteiger partial charge in [-0.2, -0.15) is 0 Å². The second-order valence-electron chi connectivity index (χ2n) is 7.15. The smallest absolute Gasteiger partial charge is 0.338 e. The van der Waals surface area contributed by atoms with Gasteiger partial charge in [0.25, 0.3) is 11.8 Å². The van der Waals surface area contributed by atoms with Crippen LogP contribution in [0.3, 0.4) is 0 Å². The maximum absolute atomic E-state index is 12.1. The first-order valence-electron chi connectivity index (χ1n) is 8.35. The number of carbonyl (C=O) groups is 3. The highest BCUT2D eigenvalue weighted by molar-refractivity contribution is 6.05. The Hall–Kier alpha value is -2.95. The number of imide groups is 1. The maximum Gasteiger partial charge on any atom is 0.338 e. The largest absolute Gasteiger partial charge is 0.452 e. The van der Waals surface area contributed by atoms with Crippen LogP contribution in [0.2, 0.25) is 0 Å². The number of nitrogens with one attached hydrogen (secondary N) is 1. The van der Waals surface area contributed by atoms with Gasteiger partial charge in [-0.15, -0.1) is 0 Å². The van der Waals surface area contributed by atoms with Crippen molar-refractivity contribution < 1.29 is 19.1 Å². The van der Waals surface area contributed by atoms with Crippen molar-refractivity contribution in [1.29, 1.82) is 0 Å². The van der Waals surface area contributed by atoms with E-state index >= 15 is 0 Å². The molecule has 136 valence electrons. The summed E-state index contributed by atoms with van der Waals surface area (Å²) in [6.45, 7) is 7.62. The topological polar surface area (TPSA) is 72.5 Å². The zero-order chi connectivity index (χ0) is 19.3. The van der Waals surface area contributed by atoms with Gasteiger partial charge in [-0.05, 0) is 42.2 Å². The highest BCUT2D eigenvalue weighted by atomic mass is 16.5. The third-order valence-electron chi connectivity index (χ3n) is 3.89. The van der Waals surface area contributed by atoms with Crippen LogP contribution in [-0.2, 0) is 14.9 Å². The van der Waals surface area contributed by atoms with Crippen molar-refractivity contribution in [2.45, 2.75) is 33.1 Å². The van der Waals surface area contributed by atoms with Crippen molar-refractivity contribution in [1.82, 2.24) is 5.32 Å². The average molecular weight is 353 g/mol. The molecule has 0 unspecified atom stereocenters. The number of hydrogen-bond donors (Lipinski definition) is 1. The van der Waals surface area contributed by atoms with Gasteiger partial charge in [-0.25, -0.2) is 4.79 Å². The molecule has 0 saturated carbocycles. The zero-order valence-corrected chi connectivity index (χ0v) is 15.5. The van der Waals surface area contributed by atoms with Gasteiger partial charge in [0.1, 0.15) is 0 Å². The Kier molecular flexibility index (Phi) is 5.93. The average Bonchev–Trinajstić information content (AvgIpc) is 2.59. The van der Waals surface area contributed by atoms with Crippen molar-refractivity contribution >= 4 is 17.8 Å². The molecule has 2 aromatic carbocycles. The first-order valence-corrected chi connectivity index (χ1v) is 8.35. The van der Waals surface area contributed by atoms with Crippen LogP contribution in [0, 0.1) is 6.92 Å². The molecule has 0 spiro atoms. The number of hydrogen-bond acceptors (Lipinski definition) is 4. The predicted octanol–water partition coefficient (Wildman–Crippen LogP) is 3.41. The summed E-state index contributed by atoms with van der Waals surface area (Å²) in [5, 5.41) is 2.22. The number of ether oxygens (including phenoxy) is 1. The summed E-state index contributed by atoms with van der Waals surface area (Å²) in [4.78, 5) is 35.8. The van der Waals surface area contributed by atoms with Gasteiger partial charge in [0.05, 0.1) is 5.56 Å². The molecule has 0 atom stereocenters. The summed E-state index contributed by atoms with van der Waals surface area (Å²) in [5.41, 5.74) is 2.81. The van der Waals surface area contributed by atoms with Crippen molar-refractivity contribution in [3.8, 4) is 0 Å². The van der Waals surface area contributed by atoms with E-state index in [0.29, 0.717) is 11.1 Å². The van der Waals surface area contributed by atoms with E-state index in [0.717, 1.165) is 11.1 Å². The standard InChI is InChI=1S/C21H23NO4/c1-14-5-7-16(8-6-14)20(25)26-13-18(23)22-19(24)15-9-11-17(12-10-15)21(2,3)4/h5-12H,13H2,1-4H3,(H,22,23,24). The van der Waals surface area contributed by atoms with Crippen molar-refractivity contribution in [3.63, 3.8) is 0 Å². The van der Waals surface area contributed by atoms with E-state index in [1.54, 1.807) is 36.4 Å². The molecule has 0 saturated heterocycles. The van der Waals surface area contributed by atoms with Gasteiger partial charge in [0.2, 0.25) is 0 Å². The first kappa shape index (κ1) is 19.4. The van der Waals surface area contributed by atoms with E-state index in [-0.39, 0.29) is 5.41 Å². The predicted molar refractivity (Wildman–Crippen MR) is 99.1 cm³/mol. The molecule has 5 heteroatoms. The van der Waals surface area contributed by atoms with Crippen molar-refractivity contribution in [2.24, 2.45) is 0 Å². The van der Waals surface area contributed by atoms with Gasteiger partial charge < -0.3 is 4.74 Å². The van der Waals surface area contributed by atoms with Gasteiger partial charge >= 0.3 is 5.97 Å². The van der Waals surface area contributed by atoms with Crippen LogP contribution in [0.15, 0.2) is 48.5 Å². The lowest BCUT2D eigenvalue weighted by Gasteiger charge is -2.18. The summed E-state index contributed by atoms with van der Waals surface area (Å²) >= 11 is 0. The van der Waals surface area contributed by atoms with E-state index in [9.17, 15) is 14.4 Å². The second kappa shape index (κ2) is 7.95. The quantitative estimate of drug-likeness (QED) is 0.855. The molecule has 1 N–H and O–H groups in total. The molecule has 2 aromatic rings. The van der Waals surface area contributed by atoms with Gasteiger partial charge in [0.15, 0.2) is 6.61 Å². The fourth-order valence-electron chi connectivity index (χ4n) is 2.26. The molecule has 0 aliphatic heterocycles. The normalized spacial score (nSPS) is 10.9. The Bertz CT molecular complexity index is 799. The monoisotopic (exact) mass is 353 g/mol. The van der Waals surface area contributed by atoms with Crippen LogP contribution in [0.25, 0.3) is 0 Å². The van der Waals surface area contributed by atoms with E-state index in [4.69, 9.17) is 4.74 Å². The highest BCUT2D eigenvalue weighted by Crippen LogP contribution is 2.22.